The number of likely N-dealkylation sites (N-methyl/N-ethyl adjacent to an activating group) is 1. The van der Waals surface area contributed by atoms with Crippen molar-refractivity contribution >= 4 is 11.6 Å². The van der Waals surface area contributed by atoms with Crippen LogP contribution in [0.15, 0.2) is 0 Å². The van der Waals surface area contributed by atoms with Gasteiger partial charge in [-0.2, -0.15) is 0 Å². The zero-order chi connectivity index (χ0) is 17.2. The summed E-state index contributed by atoms with van der Waals surface area (Å²) in [6, 6.07) is -0.368. The Morgan fingerprint density at radius 1 is 1.32 bits per heavy atom. The van der Waals surface area contributed by atoms with Crippen molar-refractivity contribution in [3.05, 3.63) is 22.5 Å². The highest BCUT2D eigenvalue weighted by molar-refractivity contribution is 6.05. The molecule has 0 bridgehead atoms. The fourth-order valence-electron chi connectivity index (χ4n) is 2.92. The van der Waals surface area contributed by atoms with Crippen LogP contribution in [0.1, 0.15) is 66.7 Å². The van der Waals surface area contributed by atoms with Crippen molar-refractivity contribution in [3.63, 3.8) is 0 Å². The van der Waals surface area contributed by atoms with Crippen molar-refractivity contribution in [1.29, 1.82) is 0 Å². The Morgan fingerprint density at radius 3 is 2.23 bits per heavy atom. The summed E-state index contributed by atoms with van der Waals surface area (Å²) < 4.78 is 0. The van der Waals surface area contributed by atoms with Crippen LogP contribution in [-0.4, -0.2) is 51.3 Å². The number of Topliss-reactive ketones (excluding diaryl/α,β-unsaturated/α-hetero) is 2. The molecule has 1 rings (SSSR count). The largest absolute Gasteiger partial charge is 0.389 e. The smallest absolute Gasteiger partial charge is 0.196 e. The fourth-order valence-corrected chi connectivity index (χ4v) is 2.92. The van der Waals surface area contributed by atoms with Crippen molar-refractivity contribution in [2.24, 2.45) is 0 Å². The molecule has 0 spiro atoms. The molecule has 0 aliphatic heterocycles. The van der Waals surface area contributed by atoms with Gasteiger partial charge in [-0.25, -0.2) is 0 Å². The number of rotatable bonds is 7. The van der Waals surface area contributed by atoms with E-state index in [0.717, 1.165) is 5.69 Å². The minimum atomic E-state index is -0.865. The van der Waals surface area contributed by atoms with Crippen LogP contribution in [0.3, 0.4) is 0 Å². The lowest BCUT2D eigenvalue weighted by Crippen LogP contribution is -2.46. The first-order valence-corrected chi connectivity index (χ1v) is 7.70. The topological polar surface area (TPSA) is 73.4 Å². The molecule has 22 heavy (non-hydrogen) atoms. The Hall–Kier alpha value is -1.46. The van der Waals surface area contributed by atoms with Gasteiger partial charge in [0.25, 0.3) is 0 Å². The second-order valence-corrected chi connectivity index (χ2v) is 6.60. The first kappa shape index (κ1) is 18.6. The van der Waals surface area contributed by atoms with E-state index in [1.807, 2.05) is 18.7 Å². The summed E-state index contributed by atoms with van der Waals surface area (Å²) in [6.45, 7) is 13.4. The molecule has 124 valence electrons. The number of nitrogens with one attached hydrogen (secondary N) is 1. The van der Waals surface area contributed by atoms with Gasteiger partial charge in [-0.3, -0.25) is 14.5 Å². The minimum absolute atomic E-state index is 0.0400. The van der Waals surface area contributed by atoms with Gasteiger partial charge in [0.1, 0.15) is 0 Å². The second kappa shape index (κ2) is 6.75. The minimum Gasteiger partial charge on any atom is -0.389 e. The van der Waals surface area contributed by atoms with Crippen LogP contribution in [0.4, 0.5) is 0 Å². The molecule has 5 heteroatoms. The maximum Gasteiger partial charge on any atom is 0.196 e. The average molecular weight is 308 g/mol. The molecule has 5 nitrogen and oxygen atoms in total. The molecule has 1 atom stereocenters. The molecular weight excluding hydrogens is 280 g/mol. The summed E-state index contributed by atoms with van der Waals surface area (Å²) >= 11 is 0. The maximum atomic E-state index is 12.8. The first-order valence-electron chi connectivity index (χ1n) is 7.70. The number of aromatic amines is 1. The molecule has 0 aliphatic carbocycles. The molecular formula is C17H28N2O3. The third-order valence-corrected chi connectivity index (χ3v) is 3.96. The number of carbonyl (C=O) groups excluding carboxylic acids is 2. The molecule has 2 N–H and O–H groups in total. The summed E-state index contributed by atoms with van der Waals surface area (Å²) in [4.78, 5) is 29.5. The van der Waals surface area contributed by atoms with Gasteiger partial charge in [0.15, 0.2) is 11.6 Å². The van der Waals surface area contributed by atoms with E-state index in [1.165, 1.54) is 6.92 Å². The Kier molecular flexibility index (Phi) is 5.70. The zero-order valence-corrected chi connectivity index (χ0v) is 14.7. The Bertz CT molecular complexity index is 567. The number of aromatic nitrogens is 1. The quantitative estimate of drug-likeness (QED) is 0.759. The van der Waals surface area contributed by atoms with Crippen LogP contribution in [0.25, 0.3) is 0 Å². The van der Waals surface area contributed by atoms with E-state index in [-0.39, 0.29) is 17.6 Å². The Balaban J connectivity index is 3.10. The van der Waals surface area contributed by atoms with Crippen molar-refractivity contribution in [1.82, 2.24) is 9.88 Å². The monoisotopic (exact) mass is 308 g/mol. The standard InChI is InChI=1S/C17H28N2O3/c1-8-19(9-17(6,7)22)12(4)16(21)15-10(2)14(13(5)20)11(3)18-15/h12,18,22H,8-9H2,1-7H3. The van der Waals surface area contributed by atoms with Crippen molar-refractivity contribution in [2.75, 3.05) is 13.1 Å². The van der Waals surface area contributed by atoms with Crippen molar-refractivity contribution in [3.8, 4) is 0 Å². The molecule has 1 aromatic heterocycles. The van der Waals surface area contributed by atoms with E-state index < -0.39 is 5.60 Å². The molecule has 0 saturated carbocycles. The molecule has 0 aromatic carbocycles. The Morgan fingerprint density at radius 2 is 1.86 bits per heavy atom. The highest BCUT2D eigenvalue weighted by Gasteiger charge is 2.29. The van der Waals surface area contributed by atoms with Crippen molar-refractivity contribution in [2.45, 2.75) is 60.1 Å². The molecule has 0 saturated heterocycles. The normalized spacial score (nSPS) is 13.5. The predicted octanol–water partition coefficient (Wildman–Crippen LogP) is 2.50. The van der Waals surface area contributed by atoms with Crippen LogP contribution in [0.2, 0.25) is 0 Å². The molecule has 1 heterocycles. The van der Waals surface area contributed by atoms with E-state index in [2.05, 4.69) is 4.98 Å². The molecule has 1 unspecified atom stereocenters. The number of aliphatic hydroxyl groups is 1. The van der Waals surface area contributed by atoms with Crippen LogP contribution < -0.4 is 0 Å². The number of hydrogen-bond donors (Lipinski definition) is 2. The van der Waals surface area contributed by atoms with E-state index >= 15 is 0 Å². The van der Waals surface area contributed by atoms with Gasteiger partial charge in [-0.05, 0) is 53.7 Å². The number of ketones is 2. The SMILES string of the molecule is CCN(CC(C)(C)O)C(C)C(=O)c1[nH]c(C)c(C(C)=O)c1C. The number of nitrogens with zero attached hydrogens (tertiary/aromatic N) is 1. The van der Waals surface area contributed by atoms with Gasteiger partial charge in [-0.15, -0.1) is 0 Å². The van der Waals surface area contributed by atoms with Gasteiger partial charge in [0.2, 0.25) is 0 Å². The van der Waals surface area contributed by atoms with Gasteiger partial charge in [0, 0.05) is 17.8 Å². The summed E-state index contributed by atoms with van der Waals surface area (Å²) in [5.41, 5.74) is 1.66. The highest BCUT2D eigenvalue weighted by atomic mass is 16.3. The predicted molar refractivity (Wildman–Crippen MR) is 87.6 cm³/mol. The summed E-state index contributed by atoms with van der Waals surface area (Å²) in [5.74, 6) is -0.0963. The third-order valence-electron chi connectivity index (χ3n) is 3.96. The Labute approximate surface area is 132 Å². The van der Waals surface area contributed by atoms with Crippen LogP contribution in [0.5, 0.6) is 0 Å². The van der Waals surface area contributed by atoms with Gasteiger partial charge in [-0.1, -0.05) is 6.92 Å². The third kappa shape index (κ3) is 4.05. The summed E-state index contributed by atoms with van der Waals surface area (Å²) in [5, 5.41) is 9.99. The van der Waals surface area contributed by atoms with Gasteiger partial charge in [0.05, 0.1) is 17.3 Å². The number of hydrogen-bond acceptors (Lipinski definition) is 4. The van der Waals surface area contributed by atoms with E-state index in [4.69, 9.17) is 0 Å². The number of aryl methyl sites for hydroxylation is 1. The first-order chi connectivity index (χ1) is 9.99. The lowest BCUT2D eigenvalue weighted by Gasteiger charge is -2.32. The second-order valence-electron chi connectivity index (χ2n) is 6.60. The maximum absolute atomic E-state index is 12.8. The van der Waals surface area contributed by atoms with Gasteiger partial charge < -0.3 is 10.1 Å². The van der Waals surface area contributed by atoms with E-state index in [1.54, 1.807) is 27.7 Å². The average Bonchev–Trinajstić information content (AvgIpc) is 2.68. The number of carbonyl (C=O) groups is 2. The lowest BCUT2D eigenvalue weighted by molar-refractivity contribution is 0.0253. The molecule has 0 fully saturated rings. The van der Waals surface area contributed by atoms with Crippen LogP contribution in [0, 0.1) is 13.8 Å². The van der Waals surface area contributed by atoms with Crippen molar-refractivity contribution < 1.29 is 14.7 Å². The van der Waals surface area contributed by atoms with E-state index in [9.17, 15) is 14.7 Å². The molecule has 0 amide bonds. The number of H-pyrrole nitrogens is 1. The van der Waals surface area contributed by atoms with Crippen LogP contribution in [-0.2, 0) is 0 Å². The van der Waals surface area contributed by atoms with Crippen LogP contribution >= 0.6 is 0 Å². The molecule has 0 radical (unpaired) electrons. The fraction of sp³-hybridized carbons (Fsp3) is 0.647. The molecule has 1 aromatic rings. The van der Waals surface area contributed by atoms with E-state index in [0.29, 0.717) is 29.9 Å². The zero-order valence-electron chi connectivity index (χ0n) is 14.7. The van der Waals surface area contributed by atoms with Gasteiger partial charge >= 0.3 is 0 Å². The molecule has 0 aliphatic rings. The highest BCUT2D eigenvalue weighted by Crippen LogP contribution is 2.21. The lowest BCUT2D eigenvalue weighted by atomic mass is 10.0. The summed E-state index contributed by atoms with van der Waals surface area (Å²) in [6.07, 6.45) is 0. The summed E-state index contributed by atoms with van der Waals surface area (Å²) in [7, 11) is 0.